The zero-order chi connectivity index (χ0) is 113. The lowest BCUT2D eigenvalue weighted by atomic mass is 9.82. The topological polar surface area (TPSA) is 48.0 Å². The average Bonchev–Trinajstić information content (AvgIpc) is 1.59. The van der Waals surface area contributed by atoms with Gasteiger partial charge in [0.15, 0.2) is 0 Å². The Labute approximate surface area is 902 Å². The Hall–Kier alpha value is -13.6. The van der Waals surface area contributed by atoms with Crippen LogP contribution in [0.1, 0.15) is 316 Å². The third-order valence-electron chi connectivity index (χ3n) is 18.8. The largest absolute Gasteiger partial charge is 0.307 e. The quantitative estimate of drug-likeness (QED) is 0.122. The smallest absolute Gasteiger partial charge is 0.136 e. The Kier molecular flexibility index (Phi) is 108. The summed E-state index contributed by atoms with van der Waals surface area (Å²) < 4.78 is 4.06. The van der Waals surface area contributed by atoms with Gasteiger partial charge in [-0.05, 0) is 169 Å². The molecule has 17 aromatic carbocycles. The minimum atomic E-state index is 0.160. The Morgan fingerprint density at radius 2 is 0.449 bits per heavy atom. The van der Waals surface area contributed by atoms with E-state index >= 15 is 0 Å². The molecule has 22 rings (SSSR count). The van der Waals surface area contributed by atoms with Crippen molar-refractivity contribution < 1.29 is 0 Å². The molecule has 0 spiro atoms. The fourth-order valence-electron chi connectivity index (χ4n) is 13.6. The second kappa shape index (κ2) is 107. The summed E-state index contributed by atoms with van der Waals surface area (Å²) in [7, 11) is 0. The molecule has 1 aliphatic rings. The zero-order valence-electron chi connectivity index (χ0n) is 101. The molecule has 5 nitrogen and oxygen atoms in total. The van der Waals surface area contributed by atoms with E-state index in [0.717, 1.165) is 22.4 Å². The van der Waals surface area contributed by atoms with Crippen LogP contribution in [0, 0.1) is 0 Å². The molecule has 0 atom stereocenters. The summed E-state index contributed by atoms with van der Waals surface area (Å²) >= 11 is 0. The Morgan fingerprint density at radius 3 is 0.769 bits per heavy atom. The van der Waals surface area contributed by atoms with Crippen LogP contribution in [0.2, 0.25) is 0 Å². The predicted molar refractivity (Wildman–Crippen MR) is 686 cm³/mol. The number of imidazole rings is 2. The van der Waals surface area contributed by atoms with Crippen molar-refractivity contribution in [1.82, 2.24) is 23.9 Å². The average molecular weight is 1980 g/mol. The van der Waals surface area contributed by atoms with Crippen molar-refractivity contribution in [2.24, 2.45) is 0 Å². The van der Waals surface area contributed by atoms with Crippen LogP contribution in [-0.2, 0) is 5.41 Å². The van der Waals surface area contributed by atoms with Crippen LogP contribution in [0.5, 0.6) is 0 Å². The number of pyridine rings is 2. The Bertz CT molecular complexity index is 5750. The van der Waals surface area contributed by atoms with Crippen molar-refractivity contribution in [1.29, 1.82) is 0 Å². The van der Waals surface area contributed by atoms with E-state index in [1.807, 2.05) is 423 Å². The number of hydrogen-bond acceptors (Lipinski definition) is 3. The number of para-hydroxylation sites is 3. The van der Waals surface area contributed by atoms with Gasteiger partial charge in [-0.2, -0.15) is 0 Å². The fraction of sp³-hybridized carbons (Fsp3) is 0.317. The lowest BCUT2D eigenvalue weighted by Gasteiger charge is -2.20. The molecule has 0 N–H and O–H groups in total. The van der Waals surface area contributed by atoms with Gasteiger partial charge in [-0.25, -0.2) is 9.97 Å². The predicted octanol–water partition coefficient (Wildman–Crippen LogP) is 48.1. The molecule has 0 bridgehead atoms. The van der Waals surface area contributed by atoms with Crippen LogP contribution in [0.25, 0.3) is 120 Å². The van der Waals surface area contributed by atoms with Gasteiger partial charge in [0.05, 0.1) is 11.0 Å². The molecule has 147 heavy (non-hydrogen) atoms. The number of aromatic nitrogens is 5. The summed E-state index contributed by atoms with van der Waals surface area (Å²) in [6.07, 6.45) is 11.0. The second-order valence-electron chi connectivity index (χ2n) is 25.9. The molecular weight excluding hydrogens is 1780 g/mol. The summed E-state index contributed by atoms with van der Waals surface area (Å²) in [5.74, 6) is 0. The van der Waals surface area contributed by atoms with Crippen LogP contribution >= 0.6 is 0 Å². The van der Waals surface area contributed by atoms with Gasteiger partial charge in [-0.15, -0.1) is 0 Å². The Balaban J connectivity index is -0.000000238. The van der Waals surface area contributed by atoms with Crippen LogP contribution in [0.15, 0.2) is 444 Å². The van der Waals surface area contributed by atoms with Crippen LogP contribution in [-0.4, -0.2) is 23.9 Å². The molecule has 1 aliphatic carbocycles. The molecule has 4 heterocycles. The molecule has 0 unspecified atom stereocenters. The summed E-state index contributed by atoms with van der Waals surface area (Å²) in [4.78, 5) is 12.2. The molecule has 798 valence electrons. The van der Waals surface area contributed by atoms with Crippen molar-refractivity contribution in [3.05, 3.63) is 455 Å². The molecule has 5 heteroatoms. The van der Waals surface area contributed by atoms with E-state index in [0.29, 0.717) is 0 Å². The molecule has 0 fully saturated rings. The van der Waals surface area contributed by atoms with Crippen LogP contribution in [0.3, 0.4) is 0 Å². The van der Waals surface area contributed by atoms with Gasteiger partial charge >= 0.3 is 0 Å². The van der Waals surface area contributed by atoms with Gasteiger partial charge in [0, 0.05) is 42.1 Å². The summed E-state index contributed by atoms with van der Waals surface area (Å²) in [5.41, 5.74) is 10.2. The zero-order valence-corrected chi connectivity index (χ0v) is 101. The van der Waals surface area contributed by atoms with Crippen molar-refractivity contribution in [3.8, 4) is 16.8 Å². The minimum absolute atomic E-state index is 0.160. The maximum atomic E-state index is 4.36. The molecule has 4 aromatic heterocycles. The van der Waals surface area contributed by atoms with Crippen LogP contribution < -0.4 is 0 Å². The maximum absolute atomic E-state index is 4.36. The lowest BCUT2D eigenvalue weighted by molar-refractivity contribution is 0.660. The van der Waals surface area contributed by atoms with Crippen molar-refractivity contribution in [3.63, 3.8) is 0 Å². The van der Waals surface area contributed by atoms with Gasteiger partial charge in [-0.3, -0.25) is 9.55 Å². The van der Waals surface area contributed by atoms with Gasteiger partial charge < -0.3 is 4.40 Å². The Morgan fingerprint density at radius 1 is 0.190 bits per heavy atom. The van der Waals surface area contributed by atoms with Crippen molar-refractivity contribution in [2.45, 2.75) is 310 Å². The van der Waals surface area contributed by atoms with Gasteiger partial charge in [-0.1, -0.05) is 650 Å². The number of nitrogens with zero attached hydrogens (tertiary/aromatic N) is 5. The highest BCUT2D eigenvalue weighted by Gasteiger charge is 2.34. The third kappa shape index (κ3) is 52.8. The highest BCUT2D eigenvalue weighted by Crippen LogP contribution is 2.48. The van der Waals surface area contributed by atoms with Gasteiger partial charge in [0.1, 0.15) is 12.0 Å². The highest BCUT2D eigenvalue weighted by molar-refractivity contribution is 6.23. The standard InChI is InChI=1S/C16H10.C15H14.2C14H10.C13H10N2.C10H8.C7H6N2.C6H6.C5H5N.21C2H6/c1-3-11-7-9-13-5-2-6-14-10-8-12(4-1)15(11)16(13)14;1-15(2)13-9-5-3-7-11(13)12-8-4-6-10-14(12)15;1-3-7-13-11(5-1)9-10-12-6-2-4-8-14(12)13;1-2-6-12-10-14-8-4-3-7-13(14)9-11(12)5-1;1-2-6-11(7-3-1)15-10-14-12-8-4-5-9-13(12)15;1-2-6-10-8-4-3-7-9(10)5-1;1-2-5-9-6-4-8-7(9)3-1;2*1-2-4-6-5-3-1;21*1-2/h1-10H;3-10H,1-2H3;2*1-10H;1-10H;1-8H;1-6H;1-6H;1-5H;21*1-2H3. The van der Waals surface area contributed by atoms with Crippen LogP contribution in [0.4, 0.5) is 0 Å². The molecule has 0 amide bonds. The SMILES string of the molecule is CC.CC.CC.CC.CC.CC.CC.CC.CC.CC.CC.CC.CC.CC.CC.CC.CC.CC.CC.CC.CC.CC1(C)c2ccccc2-c2ccccc21.c1cc2ccc3cccc4ccc(c1)c2c34.c1ccc(-n2cnc3ccccc32)cc1.c1ccc2c(c1)ccc1ccccc12.c1ccc2cc3ccccc3cc2c1.c1ccc2ccccc2c1.c1ccccc1.c1ccn2ccnc2c1.c1ccncc1. The first-order valence-electron chi connectivity index (χ1n) is 56.6. The first-order chi connectivity index (χ1) is 72.9. The normalized spacial score (nSPS) is 8.87. The number of benzene rings is 17. The van der Waals surface area contributed by atoms with Gasteiger partial charge in [0.25, 0.3) is 0 Å². The van der Waals surface area contributed by atoms with Crippen molar-refractivity contribution in [2.75, 3.05) is 0 Å². The summed E-state index contributed by atoms with van der Waals surface area (Å²) in [6.45, 7) is 88.6. The van der Waals surface area contributed by atoms with Gasteiger partial charge in [0.2, 0.25) is 0 Å². The maximum Gasteiger partial charge on any atom is 0.136 e. The van der Waals surface area contributed by atoms with E-state index in [4.69, 9.17) is 0 Å². The molecule has 0 saturated heterocycles. The number of fused-ring (bicyclic) bond motifs is 11. The second-order valence-corrected chi connectivity index (χ2v) is 25.9. The van der Waals surface area contributed by atoms with E-state index in [2.05, 4.69) is 331 Å². The third-order valence-corrected chi connectivity index (χ3v) is 18.8. The number of rotatable bonds is 1. The molecule has 0 radical (unpaired) electrons. The van der Waals surface area contributed by atoms with E-state index < -0.39 is 0 Å². The minimum Gasteiger partial charge on any atom is -0.307 e. The molecule has 0 aliphatic heterocycles. The number of hydrogen-bond donors (Lipinski definition) is 0. The van der Waals surface area contributed by atoms with E-state index in [1.54, 1.807) is 18.6 Å². The first kappa shape index (κ1) is 149. The molecule has 0 saturated carbocycles. The van der Waals surface area contributed by atoms with E-state index in [9.17, 15) is 0 Å². The lowest BCUT2D eigenvalue weighted by Crippen LogP contribution is -2.14. The van der Waals surface area contributed by atoms with E-state index in [-0.39, 0.29) is 5.41 Å². The monoisotopic (exact) mass is 1980 g/mol. The fourth-order valence-corrected chi connectivity index (χ4v) is 13.6. The van der Waals surface area contributed by atoms with E-state index in [1.165, 1.54) is 108 Å². The highest BCUT2D eigenvalue weighted by atomic mass is 15.0. The molecular formula is C142H205N5. The first-order valence-corrected chi connectivity index (χ1v) is 56.6. The summed E-state index contributed by atoms with van der Waals surface area (Å²) in [6, 6.07) is 141. The molecule has 21 aromatic rings. The summed E-state index contributed by atoms with van der Waals surface area (Å²) in [5, 5.41) is 21.3. The van der Waals surface area contributed by atoms with Crippen molar-refractivity contribution >= 4 is 103 Å².